The second-order valence-corrected chi connectivity index (χ2v) is 4.48. The lowest BCUT2D eigenvalue weighted by atomic mass is 10.0. The summed E-state index contributed by atoms with van der Waals surface area (Å²) in [7, 11) is 0. The minimum absolute atomic E-state index is 0. The van der Waals surface area contributed by atoms with Crippen molar-refractivity contribution in [1.29, 1.82) is 0 Å². The molecule has 0 aliphatic carbocycles. The topological polar surface area (TPSA) is 79.5 Å². The van der Waals surface area contributed by atoms with E-state index in [-0.39, 0.29) is 18.5 Å². The van der Waals surface area contributed by atoms with Gasteiger partial charge in [0.1, 0.15) is 17.3 Å². The molecule has 104 valence electrons. The van der Waals surface area contributed by atoms with Crippen LogP contribution in [0.2, 0.25) is 5.15 Å². The van der Waals surface area contributed by atoms with Crippen LogP contribution in [0, 0.1) is 0 Å². The third-order valence-corrected chi connectivity index (χ3v) is 3.05. The van der Waals surface area contributed by atoms with Gasteiger partial charge in [0.05, 0.1) is 0 Å². The van der Waals surface area contributed by atoms with Crippen LogP contribution in [0.15, 0.2) is 30.5 Å². The average Bonchev–Trinajstić information content (AvgIpc) is 2.90. The molecule has 3 N–H and O–H groups in total. The molecule has 1 aliphatic rings. The number of aliphatic hydroxyl groups excluding tert-OH is 1. The van der Waals surface area contributed by atoms with Gasteiger partial charge in [-0.3, -0.25) is 4.79 Å². The minimum Gasteiger partial charge on any atom is -0.386 e. The molecule has 0 unspecified atom stereocenters. The summed E-state index contributed by atoms with van der Waals surface area (Å²) in [6.45, 7) is 1.08. The fourth-order valence-corrected chi connectivity index (χ4v) is 1.99. The summed E-state index contributed by atoms with van der Waals surface area (Å²) in [5, 5.41) is 10.3. The van der Waals surface area contributed by atoms with Crippen molar-refractivity contribution in [2.75, 3.05) is 13.1 Å². The number of pyridine rings is 1. The quantitative estimate of drug-likeness (QED) is 0.644. The van der Waals surface area contributed by atoms with Gasteiger partial charge in [0.25, 0.3) is 0 Å². The fraction of sp³-hybridized carbons (Fsp3) is 0.385. The highest BCUT2D eigenvalue weighted by Crippen LogP contribution is 2.19. The van der Waals surface area contributed by atoms with Crippen LogP contribution in [0.25, 0.3) is 0 Å². The number of nitrogens with zero attached hydrogens (tertiary/aromatic N) is 2. The van der Waals surface area contributed by atoms with Crippen molar-refractivity contribution in [3.05, 3.63) is 41.2 Å². The van der Waals surface area contributed by atoms with Gasteiger partial charge in [0, 0.05) is 19.3 Å². The molecule has 1 aliphatic heterocycles. The average molecular weight is 284 g/mol. The van der Waals surface area contributed by atoms with Crippen molar-refractivity contribution in [3.8, 4) is 0 Å². The molecule has 1 aromatic rings. The highest BCUT2D eigenvalue weighted by atomic mass is 35.5. The van der Waals surface area contributed by atoms with E-state index in [1.165, 1.54) is 12.3 Å². The summed E-state index contributed by atoms with van der Waals surface area (Å²) >= 11 is 5.73. The maximum absolute atomic E-state index is 12.0. The fourth-order valence-electron chi connectivity index (χ4n) is 1.81. The second kappa shape index (κ2) is 6.65. The van der Waals surface area contributed by atoms with Crippen LogP contribution < -0.4 is 5.73 Å². The first-order chi connectivity index (χ1) is 8.59. The Labute approximate surface area is 117 Å². The predicted molar refractivity (Wildman–Crippen MR) is 74.6 cm³/mol. The Bertz CT molecular complexity index is 471. The third-order valence-electron chi connectivity index (χ3n) is 2.85. The first kappa shape index (κ1) is 15.6. The number of hydrogen-bond acceptors (Lipinski definition) is 4. The third kappa shape index (κ3) is 3.53. The Morgan fingerprint density at radius 2 is 2.11 bits per heavy atom. The standard InChI is InChI=1S/C12H14ClN3O2.CH4/c13-9-7-8(3-4-15-9)11(17)10(14)12(18)16-5-1-2-6-16;/h1-4,7,10-11,17H,5-6,14H2;1H4/t10-,11+;/m1./s1. The van der Waals surface area contributed by atoms with Gasteiger partial charge in [-0.2, -0.15) is 0 Å². The number of carbonyl (C=O) groups excluding carboxylic acids is 1. The summed E-state index contributed by atoms with van der Waals surface area (Å²) in [6, 6.07) is 2.09. The van der Waals surface area contributed by atoms with Gasteiger partial charge in [-0.15, -0.1) is 0 Å². The number of aliphatic hydroxyl groups is 1. The van der Waals surface area contributed by atoms with Gasteiger partial charge < -0.3 is 15.7 Å². The Morgan fingerprint density at radius 3 is 2.68 bits per heavy atom. The van der Waals surface area contributed by atoms with Crippen LogP contribution in [0.4, 0.5) is 0 Å². The zero-order valence-electron chi connectivity index (χ0n) is 9.66. The summed E-state index contributed by atoms with van der Waals surface area (Å²) in [5.74, 6) is -0.277. The minimum atomic E-state index is -1.08. The Hall–Kier alpha value is -1.43. The molecule has 0 saturated carbocycles. The molecule has 6 heteroatoms. The Balaban J connectivity index is 0.00000180. The number of halogens is 1. The number of nitrogens with two attached hydrogens (primary N) is 1. The molecule has 0 radical (unpaired) electrons. The molecule has 0 aromatic carbocycles. The van der Waals surface area contributed by atoms with Gasteiger partial charge in [-0.25, -0.2) is 4.98 Å². The zero-order chi connectivity index (χ0) is 13.1. The van der Waals surface area contributed by atoms with Gasteiger partial charge in [0.2, 0.25) is 5.91 Å². The first-order valence-corrected chi connectivity index (χ1v) is 5.96. The lowest BCUT2D eigenvalue weighted by Crippen LogP contribution is -2.46. The van der Waals surface area contributed by atoms with E-state index in [1.807, 2.05) is 12.2 Å². The number of amides is 1. The molecule has 0 bridgehead atoms. The molecular weight excluding hydrogens is 266 g/mol. The van der Waals surface area contributed by atoms with Crippen molar-refractivity contribution >= 4 is 17.5 Å². The van der Waals surface area contributed by atoms with Crippen LogP contribution >= 0.6 is 11.6 Å². The smallest absolute Gasteiger partial charge is 0.243 e. The zero-order valence-corrected chi connectivity index (χ0v) is 10.4. The summed E-state index contributed by atoms with van der Waals surface area (Å²) < 4.78 is 0. The molecule has 1 amide bonds. The first-order valence-electron chi connectivity index (χ1n) is 5.58. The van der Waals surface area contributed by atoms with E-state index in [1.54, 1.807) is 11.0 Å². The lowest BCUT2D eigenvalue weighted by molar-refractivity contribution is -0.133. The number of hydrogen-bond donors (Lipinski definition) is 2. The maximum Gasteiger partial charge on any atom is 0.243 e. The van der Waals surface area contributed by atoms with Crippen LogP contribution in [-0.2, 0) is 4.79 Å². The molecule has 2 atom stereocenters. The van der Waals surface area contributed by atoms with E-state index in [9.17, 15) is 9.90 Å². The van der Waals surface area contributed by atoms with Crippen LogP contribution in [0.3, 0.4) is 0 Å². The lowest BCUT2D eigenvalue weighted by Gasteiger charge is -2.24. The van der Waals surface area contributed by atoms with E-state index in [0.717, 1.165) is 0 Å². The molecular formula is C13H18ClN3O2. The largest absolute Gasteiger partial charge is 0.386 e. The van der Waals surface area contributed by atoms with Gasteiger partial charge >= 0.3 is 0 Å². The van der Waals surface area contributed by atoms with Crippen LogP contribution in [0.5, 0.6) is 0 Å². The van der Waals surface area contributed by atoms with Crippen LogP contribution in [-0.4, -0.2) is 40.0 Å². The van der Waals surface area contributed by atoms with E-state index in [4.69, 9.17) is 17.3 Å². The highest BCUT2D eigenvalue weighted by molar-refractivity contribution is 6.29. The van der Waals surface area contributed by atoms with Crippen molar-refractivity contribution in [2.45, 2.75) is 19.6 Å². The van der Waals surface area contributed by atoms with Crippen molar-refractivity contribution in [3.63, 3.8) is 0 Å². The van der Waals surface area contributed by atoms with Crippen LogP contribution in [0.1, 0.15) is 19.1 Å². The summed E-state index contributed by atoms with van der Waals surface area (Å²) in [5.41, 5.74) is 6.28. The van der Waals surface area contributed by atoms with Gasteiger partial charge in [0.15, 0.2) is 0 Å². The molecule has 2 heterocycles. The summed E-state index contributed by atoms with van der Waals surface area (Å²) in [4.78, 5) is 17.4. The molecule has 0 saturated heterocycles. The maximum atomic E-state index is 12.0. The highest BCUT2D eigenvalue weighted by Gasteiger charge is 2.28. The molecule has 19 heavy (non-hydrogen) atoms. The van der Waals surface area contributed by atoms with Gasteiger partial charge in [-0.05, 0) is 17.7 Å². The molecule has 2 rings (SSSR count). The van der Waals surface area contributed by atoms with Crippen molar-refractivity contribution in [2.24, 2.45) is 5.73 Å². The second-order valence-electron chi connectivity index (χ2n) is 4.10. The Kier molecular flexibility index (Phi) is 5.47. The monoisotopic (exact) mass is 283 g/mol. The van der Waals surface area contributed by atoms with Gasteiger partial charge in [-0.1, -0.05) is 31.2 Å². The number of carbonyl (C=O) groups is 1. The normalized spacial score (nSPS) is 16.9. The molecule has 5 nitrogen and oxygen atoms in total. The van der Waals surface area contributed by atoms with E-state index < -0.39 is 12.1 Å². The number of aromatic nitrogens is 1. The van der Waals surface area contributed by atoms with Crippen molar-refractivity contribution < 1.29 is 9.90 Å². The Morgan fingerprint density at radius 1 is 1.47 bits per heavy atom. The molecule has 1 aromatic heterocycles. The molecule has 0 fully saturated rings. The SMILES string of the molecule is C.N[C@@H](C(=O)N1CC=CC1)[C@@H](O)c1ccnc(Cl)c1. The van der Waals surface area contributed by atoms with E-state index in [0.29, 0.717) is 18.7 Å². The van der Waals surface area contributed by atoms with E-state index in [2.05, 4.69) is 4.98 Å². The molecule has 0 spiro atoms. The predicted octanol–water partition coefficient (Wildman–Crippen LogP) is 1.13. The van der Waals surface area contributed by atoms with E-state index >= 15 is 0 Å². The van der Waals surface area contributed by atoms with Crippen molar-refractivity contribution in [1.82, 2.24) is 9.88 Å². The summed E-state index contributed by atoms with van der Waals surface area (Å²) in [6.07, 6.45) is 4.16. The number of rotatable bonds is 3.